The van der Waals surface area contributed by atoms with Crippen molar-refractivity contribution in [3.8, 4) is 11.5 Å². The number of ether oxygens (including phenoxy) is 2. The fraction of sp³-hybridized carbons (Fsp3) is 0.321. The number of carbonyl (C=O) groups is 1. The van der Waals surface area contributed by atoms with Crippen molar-refractivity contribution in [3.63, 3.8) is 0 Å². The molecule has 0 aromatic heterocycles. The second kappa shape index (κ2) is 10.5. The van der Waals surface area contributed by atoms with Crippen LogP contribution in [0.4, 0.5) is 5.69 Å². The van der Waals surface area contributed by atoms with Crippen LogP contribution in [-0.2, 0) is 6.54 Å². The van der Waals surface area contributed by atoms with Crippen molar-refractivity contribution >= 4 is 11.6 Å². The lowest BCUT2D eigenvalue weighted by Gasteiger charge is -2.38. The lowest BCUT2D eigenvalue weighted by Crippen LogP contribution is -2.47. The Bertz CT molecular complexity index is 1060. The number of amides is 1. The molecule has 1 aliphatic heterocycles. The monoisotopic (exact) mass is 444 g/mol. The van der Waals surface area contributed by atoms with E-state index in [2.05, 4.69) is 17.0 Å². The summed E-state index contributed by atoms with van der Waals surface area (Å²) < 4.78 is 10.7. The number of aryl methyl sites for hydroxylation is 1. The molecule has 0 aliphatic carbocycles. The number of hydrogen-bond acceptors (Lipinski definition) is 4. The van der Waals surface area contributed by atoms with Gasteiger partial charge in [-0.3, -0.25) is 9.69 Å². The Morgan fingerprint density at radius 3 is 2.21 bits per heavy atom. The molecule has 1 amide bonds. The van der Waals surface area contributed by atoms with Crippen molar-refractivity contribution in [2.24, 2.45) is 0 Å². The molecule has 172 valence electrons. The molecule has 5 nitrogen and oxygen atoms in total. The number of anilines is 1. The Kier molecular flexibility index (Phi) is 7.30. The average molecular weight is 445 g/mol. The first kappa shape index (κ1) is 22.9. The van der Waals surface area contributed by atoms with Crippen LogP contribution in [0.5, 0.6) is 11.5 Å². The van der Waals surface area contributed by atoms with Crippen LogP contribution in [0.2, 0.25) is 0 Å². The van der Waals surface area contributed by atoms with E-state index in [1.54, 1.807) is 14.2 Å². The molecular weight excluding hydrogens is 412 g/mol. The maximum absolute atomic E-state index is 13.6. The summed E-state index contributed by atoms with van der Waals surface area (Å²) in [4.78, 5) is 18.1. The van der Waals surface area contributed by atoms with Gasteiger partial charge in [0.05, 0.1) is 14.2 Å². The molecule has 4 rings (SSSR count). The summed E-state index contributed by atoms with van der Waals surface area (Å²) in [6.45, 7) is 4.80. The van der Waals surface area contributed by atoms with Gasteiger partial charge < -0.3 is 14.4 Å². The van der Waals surface area contributed by atoms with Crippen LogP contribution >= 0.6 is 0 Å². The first-order valence-electron chi connectivity index (χ1n) is 11.5. The molecule has 0 unspecified atom stereocenters. The van der Waals surface area contributed by atoms with Crippen molar-refractivity contribution < 1.29 is 14.3 Å². The minimum Gasteiger partial charge on any atom is -0.497 e. The molecule has 0 bridgehead atoms. The minimum absolute atomic E-state index is 0.0476. The molecule has 0 saturated carbocycles. The largest absolute Gasteiger partial charge is 0.497 e. The number of likely N-dealkylation sites (tertiary alicyclic amines) is 1. The molecule has 0 atom stereocenters. The van der Waals surface area contributed by atoms with Crippen molar-refractivity contribution in [2.45, 2.75) is 32.4 Å². The van der Waals surface area contributed by atoms with Crippen LogP contribution in [-0.4, -0.2) is 44.2 Å². The average Bonchev–Trinajstić information content (AvgIpc) is 2.86. The Morgan fingerprint density at radius 1 is 0.909 bits per heavy atom. The summed E-state index contributed by atoms with van der Waals surface area (Å²) in [6, 6.07) is 24.0. The number of hydrogen-bond donors (Lipinski definition) is 0. The molecule has 5 heteroatoms. The standard InChI is InChI=1S/C28H32N2O3/c1-21-7-9-23(10-8-21)28(31)30(24-11-13-26(32-2)14-12-24)25-15-17-29(18-16-25)20-22-5-4-6-27(19-22)33-3/h4-14,19,25H,15-18,20H2,1-3H3. The normalized spacial score (nSPS) is 14.6. The summed E-state index contributed by atoms with van der Waals surface area (Å²) in [5, 5.41) is 0. The molecule has 0 radical (unpaired) electrons. The molecular formula is C28H32N2O3. The highest BCUT2D eigenvalue weighted by Gasteiger charge is 2.30. The van der Waals surface area contributed by atoms with Crippen LogP contribution in [0.15, 0.2) is 72.8 Å². The third-order valence-electron chi connectivity index (χ3n) is 6.33. The Balaban J connectivity index is 1.51. The van der Waals surface area contributed by atoms with Crippen molar-refractivity contribution in [2.75, 3.05) is 32.2 Å². The topological polar surface area (TPSA) is 42.0 Å². The highest BCUT2D eigenvalue weighted by molar-refractivity contribution is 6.06. The Morgan fingerprint density at radius 2 is 1.58 bits per heavy atom. The SMILES string of the molecule is COc1ccc(N(C(=O)c2ccc(C)cc2)C2CCN(Cc3cccc(OC)c3)CC2)cc1. The van der Waals surface area contributed by atoms with Crippen LogP contribution in [0.25, 0.3) is 0 Å². The third kappa shape index (κ3) is 5.55. The maximum Gasteiger partial charge on any atom is 0.258 e. The van der Waals surface area contributed by atoms with E-state index in [4.69, 9.17) is 9.47 Å². The highest BCUT2D eigenvalue weighted by atomic mass is 16.5. The predicted molar refractivity (Wildman–Crippen MR) is 132 cm³/mol. The van der Waals surface area contributed by atoms with Gasteiger partial charge in [-0.1, -0.05) is 29.8 Å². The minimum atomic E-state index is 0.0476. The third-order valence-corrected chi connectivity index (χ3v) is 6.33. The van der Waals surface area contributed by atoms with E-state index in [1.165, 1.54) is 5.56 Å². The molecule has 0 N–H and O–H groups in total. The number of methoxy groups -OCH3 is 2. The summed E-state index contributed by atoms with van der Waals surface area (Å²) in [5.41, 5.74) is 4.02. The smallest absolute Gasteiger partial charge is 0.258 e. The zero-order valence-corrected chi connectivity index (χ0v) is 19.7. The first-order valence-corrected chi connectivity index (χ1v) is 11.5. The second-order valence-corrected chi connectivity index (χ2v) is 8.60. The quantitative estimate of drug-likeness (QED) is 0.494. The van der Waals surface area contributed by atoms with Gasteiger partial charge in [-0.25, -0.2) is 0 Å². The summed E-state index contributed by atoms with van der Waals surface area (Å²) >= 11 is 0. The zero-order chi connectivity index (χ0) is 23.2. The Labute approximate surface area is 196 Å². The van der Waals surface area contributed by atoms with Crippen LogP contribution in [0, 0.1) is 6.92 Å². The number of piperidine rings is 1. The summed E-state index contributed by atoms with van der Waals surface area (Å²) in [7, 11) is 3.35. The molecule has 33 heavy (non-hydrogen) atoms. The lowest BCUT2D eigenvalue weighted by molar-refractivity contribution is 0.0958. The fourth-order valence-electron chi connectivity index (χ4n) is 4.44. The van der Waals surface area contributed by atoms with E-state index in [0.29, 0.717) is 0 Å². The first-order chi connectivity index (χ1) is 16.1. The van der Waals surface area contributed by atoms with Crippen LogP contribution in [0.1, 0.15) is 34.3 Å². The molecule has 1 fully saturated rings. The highest BCUT2D eigenvalue weighted by Crippen LogP contribution is 2.28. The van der Waals surface area contributed by atoms with Crippen LogP contribution in [0.3, 0.4) is 0 Å². The van der Waals surface area contributed by atoms with E-state index < -0.39 is 0 Å². The molecule has 3 aromatic carbocycles. The summed E-state index contributed by atoms with van der Waals surface area (Å²) in [6.07, 6.45) is 1.85. The predicted octanol–water partition coefficient (Wildman–Crippen LogP) is 5.32. The maximum atomic E-state index is 13.6. The van der Waals surface area contributed by atoms with Crippen molar-refractivity contribution in [1.29, 1.82) is 0 Å². The van der Waals surface area contributed by atoms with Crippen molar-refractivity contribution in [1.82, 2.24) is 4.90 Å². The molecule has 0 spiro atoms. The Hall–Kier alpha value is -3.31. The van der Waals surface area contributed by atoms with Gasteiger partial charge in [0.1, 0.15) is 11.5 Å². The number of carbonyl (C=O) groups excluding carboxylic acids is 1. The van der Waals surface area contributed by atoms with E-state index in [0.717, 1.165) is 60.8 Å². The number of benzene rings is 3. The lowest BCUT2D eigenvalue weighted by atomic mass is 10.00. The van der Waals surface area contributed by atoms with E-state index >= 15 is 0 Å². The zero-order valence-electron chi connectivity index (χ0n) is 19.7. The second-order valence-electron chi connectivity index (χ2n) is 8.60. The van der Waals surface area contributed by atoms with Gasteiger partial charge in [-0.05, 0) is 73.9 Å². The summed E-state index contributed by atoms with van der Waals surface area (Å²) in [5.74, 6) is 1.72. The van der Waals surface area contributed by atoms with E-state index in [-0.39, 0.29) is 11.9 Å². The fourth-order valence-corrected chi connectivity index (χ4v) is 4.44. The van der Waals surface area contributed by atoms with Gasteiger partial charge in [0.2, 0.25) is 0 Å². The molecule has 1 heterocycles. The molecule has 3 aromatic rings. The van der Waals surface area contributed by atoms with Gasteiger partial charge >= 0.3 is 0 Å². The van der Waals surface area contributed by atoms with Gasteiger partial charge in [0, 0.05) is 36.9 Å². The van der Waals surface area contributed by atoms with E-state index in [1.807, 2.05) is 72.5 Å². The number of rotatable bonds is 7. The van der Waals surface area contributed by atoms with Crippen molar-refractivity contribution in [3.05, 3.63) is 89.5 Å². The molecule has 1 aliphatic rings. The van der Waals surface area contributed by atoms with Gasteiger partial charge in [-0.2, -0.15) is 0 Å². The van der Waals surface area contributed by atoms with Gasteiger partial charge in [0.15, 0.2) is 0 Å². The van der Waals surface area contributed by atoms with Gasteiger partial charge in [0.25, 0.3) is 5.91 Å². The number of nitrogens with zero attached hydrogens (tertiary/aromatic N) is 2. The van der Waals surface area contributed by atoms with Gasteiger partial charge in [-0.15, -0.1) is 0 Å². The van der Waals surface area contributed by atoms with Crippen LogP contribution < -0.4 is 14.4 Å². The van der Waals surface area contributed by atoms with E-state index in [9.17, 15) is 4.79 Å². The molecule has 1 saturated heterocycles.